The van der Waals surface area contributed by atoms with E-state index in [1.54, 1.807) is 0 Å². The Labute approximate surface area is 384 Å². The van der Waals surface area contributed by atoms with Gasteiger partial charge in [-0.3, -0.25) is 0 Å². The monoisotopic (exact) mass is 852 g/mol. The van der Waals surface area contributed by atoms with Crippen LogP contribution in [0.4, 0.5) is 0 Å². The summed E-state index contributed by atoms with van der Waals surface area (Å²) in [5.74, 6) is 3.07. The lowest BCUT2D eigenvalue weighted by Crippen LogP contribution is -2.56. The Bertz CT molecular complexity index is 2520. The van der Waals surface area contributed by atoms with Gasteiger partial charge in [0.15, 0.2) is 0 Å². The largest absolute Gasteiger partial charge is 0.507 e. The zero-order valence-corrected chi connectivity index (χ0v) is 40.6. The minimum absolute atomic E-state index is 0.00856. The zero-order valence-electron chi connectivity index (χ0n) is 40.6. The fourth-order valence-electron chi connectivity index (χ4n) is 17.7. The molecule has 0 spiro atoms. The predicted octanol–water partition coefficient (Wildman–Crippen LogP) is 16.5. The molecule has 3 heteroatoms. The van der Waals surface area contributed by atoms with E-state index >= 15 is 0 Å². The first-order valence-corrected chi connectivity index (χ1v) is 25.1. The van der Waals surface area contributed by atoms with Crippen molar-refractivity contribution in [1.82, 2.24) is 4.98 Å². The maximum Gasteiger partial charge on any atom is 0.127 e. The lowest BCUT2D eigenvalue weighted by Gasteiger charge is -2.65. The van der Waals surface area contributed by atoms with Gasteiger partial charge >= 0.3 is 0 Å². The van der Waals surface area contributed by atoms with Crippen molar-refractivity contribution >= 4 is 0 Å². The van der Waals surface area contributed by atoms with Gasteiger partial charge in [0.1, 0.15) is 11.5 Å². The molecule has 8 aliphatic carbocycles. The first-order chi connectivity index (χ1) is 30.2. The van der Waals surface area contributed by atoms with Crippen molar-refractivity contribution in [3.63, 3.8) is 0 Å². The van der Waals surface area contributed by atoms with Crippen LogP contribution in [0.5, 0.6) is 11.5 Å². The highest BCUT2D eigenvalue weighted by atomic mass is 16.3. The molecule has 1 aromatic heterocycles. The van der Waals surface area contributed by atoms with Crippen LogP contribution in [0.2, 0.25) is 0 Å². The van der Waals surface area contributed by atoms with Gasteiger partial charge in [0.25, 0.3) is 0 Å². The van der Waals surface area contributed by atoms with Crippen LogP contribution >= 0.6 is 0 Å². The van der Waals surface area contributed by atoms with Crippen LogP contribution in [0.15, 0.2) is 78.9 Å². The molecule has 0 aliphatic heterocycles. The highest BCUT2D eigenvalue weighted by Gasteiger charge is 2.62. The van der Waals surface area contributed by atoms with Crippen molar-refractivity contribution in [3.05, 3.63) is 112 Å². The van der Waals surface area contributed by atoms with Gasteiger partial charge in [-0.2, -0.15) is 0 Å². The lowest BCUT2D eigenvalue weighted by atomic mass is 9.39. The standard InChI is InChI=1S/C61H73NO2/c1-36(2)42-14-16-44(48-18-38(5)20-50(54(48)63)60-28-40-24-56(7,32-60)30-57(8,25-40)33-60)46(22-42)52-12-11-13-53(62-52)47-23-43(37(3)4)15-17-45(47)49-19-39(6)21-51(55(49)64)61-29-41-26-58(9,34-61)31-59(10,27-41)35-61/h11-23,36-37,40-41,63-64H,24-35H2,1-10H3. The molecule has 8 saturated carbocycles. The summed E-state index contributed by atoms with van der Waals surface area (Å²) in [6.07, 6.45) is 15.0. The van der Waals surface area contributed by atoms with Gasteiger partial charge < -0.3 is 10.2 Å². The SMILES string of the molecule is Cc1cc(-c2ccc(C(C)C)cc2-c2cccc(-c3cc(C(C)C)ccc3-c3cc(C)cc(C45CC6CC(C)(CC(C)(C6)C4)C5)c3O)n2)c(O)c(C23CC4CC(C)(CC(C)(C4)C2)C3)c1. The summed E-state index contributed by atoms with van der Waals surface area (Å²) < 4.78 is 0. The molecule has 1 heterocycles. The maximum absolute atomic E-state index is 12.7. The fraction of sp³-hybridized carbons (Fsp3) is 0.525. The molecule has 4 unspecified atom stereocenters. The summed E-state index contributed by atoms with van der Waals surface area (Å²) in [6.45, 7) is 23.6. The molecule has 8 fully saturated rings. The van der Waals surface area contributed by atoms with E-state index in [2.05, 4.69) is 148 Å². The molecule has 13 rings (SSSR count). The number of hydrogen-bond acceptors (Lipinski definition) is 3. The molecule has 4 aromatic carbocycles. The predicted molar refractivity (Wildman–Crippen MR) is 265 cm³/mol. The smallest absolute Gasteiger partial charge is 0.127 e. The van der Waals surface area contributed by atoms with Crippen LogP contribution in [0.1, 0.15) is 178 Å². The first kappa shape index (κ1) is 42.3. The van der Waals surface area contributed by atoms with Crippen molar-refractivity contribution < 1.29 is 10.2 Å². The number of rotatable bonds is 8. The molecule has 0 amide bonds. The van der Waals surface area contributed by atoms with Crippen LogP contribution in [0.3, 0.4) is 0 Å². The van der Waals surface area contributed by atoms with E-state index in [1.807, 2.05) is 0 Å². The summed E-state index contributed by atoms with van der Waals surface area (Å²) in [6, 6.07) is 29.2. The molecule has 0 radical (unpaired) electrons. The second kappa shape index (κ2) is 14.1. The number of pyridine rings is 1. The molecule has 4 atom stereocenters. The van der Waals surface area contributed by atoms with Crippen LogP contribution in [-0.2, 0) is 10.8 Å². The highest BCUT2D eigenvalue weighted by molar-refractivity contribution is 5.90. The summed E-state index contributed by atoms with van der Waals surface area (Å²) in [4.78, 5) is 5.62. The minimum atomic E-state index is 0.00856. The van der Waals surface area contributed by atoms with Gasteiger partial charge in [0.05, 0.1) is 11.4 Å². The third kappa shape index (κ3) is 6.74. The minimum Gasteiger partial charge on any atom is -0.507 e. The molecule has 64 heavy (non-hydrogen) atoms. The number of nitrogens with zero attached hydrogens (tertiary/aromatic N) is 1. The summed E-state index contributed by atoms with van der Waals surface area (Å²) >= 11 is 0. The van der Waals surface area contributed by atoms with Crippen LogP contribution in [0, 0.1) is 47.3 Å². The quantitative estimate of drug-likeness (QED) is 0.164. The van der Waals surface area contributed by atoms with Gasteiger partial charge in [0, 0.05) is 44.2 Å². The highest BCUT2D eigenvalue weighted by Crippen LogP contribution is 2.72. The molecular formula is C61H73NO2. The Morgan fingerprint density at radius 2 is 0.828 bits per heavy atom. The Morgan fingerprint density at radius 1 is 0.453 bits per heavy atom. The number of aromatic hydroxyl groups is 2. The second-order valence-corrected chi connectivity index (χ2v) is 25.6. The lowest BCUT2D eigenvalue weighted by molar-refractivity contribution is -0.110. The maximum atomic E-state index is 12.7. The normalized spacial score (nSPS) is 33.5. The second-order valence-electron chi connectivity index (χ2n) is 25.6. The van der Waals surface area contributed by atoms with Crippen LogP contribution in [-0.4, -0.2) is 15.2 Å². The average molecular weight is 852 g/mol. The molecule has 2 N–H and O–H groups in total. The Morgan fingerprint density at radius 3 is 1.17 bits per heavy atom. The Kier molecular flexibility index (Phi) is 9.30. The molecular weight excluding hydrogens is 779 g/mol. The van der Waals surface area contributed by atoms with Crippen LogP contribution in [0.25, 0.3) is 44.8 Å². The summed E-state index contributed by atoms with van der Waals surface area (Å²) in [7, 11) is 0. The van der Waals surface area contributed by atoms with Gasteiger partial charge in [-0.25, -0.2) is 4.98 Å². The number of aryl methyl sites for hydroxylation is 2. The number of benzene rings is 4. The van der Waals surface area contributed by atoms with Gasteiger partial charge in [-0.1, -0.05) is 97.9 Å². The Hall–Kier alpha value is -4.37. The molecule has 3 nitrogen and oxygen atoms in total. The fourth-order valence-corrected chi connectivity index (χ4v) is 17.7. The van der Waals surface area contributed by atoms with E-state index in [0.717, 1.165) is 56.6 Å². The topological polar surface area (TPSA) is 53.4 Å². The third-order valence-electron chi connectivity index (χ3n) is 18.2. The zero-order chi connectivity index (χ0) is 44.9. The molecule has 5 aromatic rings. The van der Waals surface area contributed by atoms with Gasteiger partial charge in [-0.15, -0.1) is 0 Å². The number of phenols is 2. The van der Waals surface area contributed by atoms with E-state index in [1.165, 1.54) is 110 Å². The van der Waals surface area contributed by atoms with Crippen LogP contribution < -0.4 is 0 Å². The van der Waals surface area contributed by atoms with E-state index in [0.29, 0.717) is 45.0 Å². The van der Waals surface area contributed by atoms with Crippen molar-refractivity contribution in [2.45, 2.75) is 169 Å². The van der Waals surface area contributed by atoms with Crippen molar-refractivity contribution in [2.24, 2.45) is 33.5 Å². The average Bonchev–Trinajstić information content (AvgIpc) is 3.19. The van der Waals surface area contributed by atoms with Crippen molar-refractivity contribution in [1.29, 1.82) is 0 Å². The van der Waals surface area contributed by atoms with Crippen molar-refractivity contribution in [2.75, 3.05) is 0 Å². The van der Waals surface area contributed by atoms with E-state index in [-0.39, 0.29) is 10.8 Å². The summed E-state index contributed by atoms with van der Waals surface area (Å²) in [5, 5.41) is 25.5. The summed E-state index contributed by atoms with van der Waals surface area (Å²) in [5.41, 5.74) is 16.5. The Balaban J connectivity index is 1.05. The first-order valence-electron chi connectivity index (χ1n) is 25.1. The van der Waals surface area contributed by atoms with E-state index in [4.69, 9.17) is 4.98 Å². The van der Waals surface area contributed by atoms with E-state index in [9.17, 15) is 10.2 Å². The molecule has 334 valence electrons. The number of hydrogen-bond donors (Lipinski definition) is 2. The van der Waals surface area contributed by atoms with E-state index < -0.39 is 0 Å². The molecule has 8 aliphatic rings. The number of aromatic nitrogens is 1. The molecule has 0 saturated heterocycles. The number of phenolic OH excluding ortho intramolecular Hbond substituents is 2. The van der Waals surface area contributed by atoms with Gasteiger partial charge in [0.2, 0.25) is 0 Å². The van der Waals surface area contributed by atoms with Gasteiger partial charge in [-0.05, 0) is 206 Å². The third-order valence-corrected chi connectivity index (χ3v) is 18.2. The van der Waals surface area contributed by atoms with Crippen molar-refractivity contribution in [3.8, 4) is 56.3 Å². The molecule has 8 bridgehead atoms.